The maximum Gasteiger partial charge on any atom is 0.417 e. The molecule has 0 aliphatic carbocycles. The fourth-order valence-corrected chi connectivity index (χ4v) is 2.45. The van der Waals surface area contributed by atoms with Crippen molar-refractivity contribution in [3.63, 3.8) is 0 Å². The largest absolute Gasteiger partial charge is 0.443 e. The van der Waals surface area contributed by atoms with Gasteiger partial charge >= 0.3 is 6.09 Å². The Balaban J connectivity index is 2.13. The molecule has 1 aliphatic heterocycles. The van der Waals surface area contributed by atoms with Gasteiger partial charge in [-0.1, -0.05) is 12.1 Å². The van der Waals surface area contributed by atoms with Gasteiger partial charge in [0.05, 0.1) is 0 Å². The molecular formula is C19H24N2O4. The molecule has 0 saturated heterocycles. The first-order valence-electron chi connectivity index (χ1n) is 8.15. The van der Waals surface area contributed by atoms with Crippen LogP contribution in [0.4, 0.5) is 4.79 Å². The quantitative estimate of drug-likeness (QED) is 0.827. The van der Waals surface area contributed by atoms with Crippen LogP contribution >= 0.6 is 0 Å². The van der Waals surface area contributed by atoms with Crippen molar-refractivity contribution in [1.29, 1.82) is 0 Å². The molecule has 1 heterocycles. The van der Waals surface area contributed by atoms with Crippen molar-refractivity contribution in [2.75, 3.05) is 20.6 Å². The smallest absolute Gasteiger partial charge is 0.417 e. The molecular weight excluding hydrogens is 320 g/mol. The number of rotatable bonds is 2. The summed E-state index contributed by atoms with van der Waals surface area (Å²) in [6.07, 6.45) is 1.38. The molecule has 0 saturated carbocycles. The van der Waals surface area contributed by atoms with E-state index in [-0.39, 0.29) is 18.4 Å². The molecule has 6 heteroatoms. The summed E-state index contributed by atoms with van der Waals surface area (Å²) < 4.78 is 5.25. The summed E-state index contributed by atoms with van der Waals surface area (Å²) in [6.45, 7) is 5.56. The topological polar surface area (TPSA) is 66.9 Å². The maximum absolute atomic E-state index is 12.3. The molecule has 0 spiro atoms. The van der Waals surface area contributed by atoms with Gasteiger partial charge in [0.15, 0.2) is 0 Å². The summed E-state index contributed by atoms with van der Waals surface area (Å²) >= 11 is 0. The zero-order valence-electron chi connectivity index (χ0n) is 15.3. The third-order valence-electron chi connectivity index (χ3n) is 3.69. The molecule has 0 N–H and O–H groups in total. The van der Waals surface area contributed by atoms with Crippen LogP contribution in [0, 0.1) is 0 Å². The normalized spacial score (nSPS) is 14.8. The van der Waals surface area contributed by atoms with E-state index in [1.54, 1.807) is 47.0 Å². The average Bonchev–Trinajstić information content (AvgIpc) is 2.52. The minimum absolute atomic E-state index is 0.0728. The summed E-state index contributed by atoms with van der Waals surface area (Å²) in [5.74, 6) is -0.458. The van der Waals surface area contributed by atoms with Gasteiger partial charge in [-0.2, -0.15) is 0 Å². The van der Waals surface area contributed by atoms with E-state index in [4.69, 9.17) is 4.74 Å². The summed E-state index contributed by atoms with van der Waals surface area (Å²) in [6, 6.07) is 7.12. The number of ether oxygens (including phenoxy) is 1. The third-order valence-corrected chi connectivity index (χ3v) is 3.69. The number of carbonyl (C=O) groups is 3. The Morgan fingerprint density at radius 1 is 1.12 bits per heavy atom. The summed E-state index contributed by atoms with van der Waals surface area (Å²) in [4.78, 5) is 38.9. The van der Waals surface area contributed by atoms with Gasteiger partial charge in [-0.05, 0) is 50.5 Å². The summed E-state index contributed by atoms with van der Waals surface area (Å²) in [5, 5.41) is 0. The average molecular weight is 344 g/mol. The van der Waals surface area contributed by atoms with Crippen molar-refractivity contribution >= 4 is 23.5 Å². The van der Waals surface area contributed by atoms with Gasteiger partial charge < -0.3 is 9.64 Å². The molecule has 3 amide bonds. The summed E-state index contributed by atoms with van der Waals surface area (Å²) in [5.41, 5.74) is 1.66. The number of hydrogen-bond acceptors (Lipinski definition) is 4. The second-order valence-corrected chi connectivity index (χ2v) is 7.17. The number of nitrogens with zero attached hydrogens (tertiary/aromatic N) is 2. The first kappa shape index (κ1) is 18.7. The lowest BCUT2D eigenvalue weighted by Gasteiger charge is -2.28. The highest BCUT2D eigenvalue weighted by Crippen LogP contribution is 2.24. The molecule has 2 rings (SSSR count). The lowest BCUT2D eigenvalue weighted by atomic mass is 9.98. The standard InChI is InChI=1S/C19H24N2O4/c1-19(2,3)25-18(24)21-11-10-15(12-16(21)22)13-6-8-14(9-7-13)17(23)20(4)5/h6-9,12H,10-11H2,1-5H3. The monoisotopic (exact) mass is 344 g/mol. The Hall–Kier alpha value is -2.63. The Morgan fingerprint density at radius 3 is 2.20 bits per heavy atom. The molecule has 1 aromatic carbocycles. The van der Waals surface area contributed by atoms with E-state index < -0.39 is 11.7 Å². The van der Waals surface area contributed by atoms with E-state index >= 15 is 0 Å². The van der Waals surface area contributed by atoms with Crippen molar-refractivity contribution < 1.29 is 19.1 Å². The first-order valence-corrected chi connectivity index (χ1v) is 8.15. The fourth-order valence-electron chi connectivity index (χ4n) is 2.45. The van der Waals surface area contributed by atoms with Gasteiger partial charge in [-0.3, -0.25) is 9.59 Å². The minimum atomic E-state index is -0.643. The summed E-state index contributed by atoms with van der Waals surface area (Å²) in [7, 11) is 3.40. The van der Waals surface area contributed by atoms with Crippen LogP contribution in [-0.2, 0) is 9.53 Å². The Kier molecular flexibility index (Phi) is 5.30. The Morgan fingerprint density at radius 2 is 1.72 bits per heavy atom. The molecule has 25 heavy (non-hydrogen) atoms. The first-order chi connectivity index (χ1) is 11.6. The van der Waals surface area contributed by atoms with Gasteiger partial charge in [0.2, 0.25) is 0 Å². The molecule has 6 nitrogen and oxygen atoms in total. The van der Waals surface area contributed by atoms with Crippen LogP contribution in [-0.4, -0.2) is 53.9 Å². The molecule has 1 aromatic rings. The molecule has 134 valence electrons. The van der Waals surface area contributed by atoms with Gasteiger partial charge in [0.1, 0.15) is 5.60 Å². The van der Waals surface area contributed by atoms with Crippen LogP contribution < -0.4 is 0 Å². The highest BCUT2D eigenvalue weighted by atomic mass is 16.6. The molecule has 0 atom stereocenters. The van der Waals surface area contributed by atoms with E-state index in [2.05, 4.69) is 0 Å². The van der Waals surface area contributed by atoms with Gasteiger partial charge in [0.25, 0.3) is 11.8 Å². The van der Waals surface area contributed by atoms with Crippen molar-refractivity contribution in [2.45, 2.75) is 32.8 Å². The van der Waals surface area contributed by atoms with Crippen LogP contribution in [0.2, 0.25) is 0 Å². The number of hydrogen-bond donors (Lipinski definition) is 0. The third kappa shape index (κ3) is 4.68. The highest BCUT2D eigenvalue weighted by molar-refractivity contribution is 6.04. The van der Waals surface area contributed by atoms with Crippen LogP contribution in [0.3, 0.4) is 0 Å². The molecule has 0 bridgehead atoms. The molecule has 1 aliphatic rings. The number of amides is 3. The lowest BCUT2D eigenvalue weighted by molar-refractivity contribution is -0.125. The Bertz CT molecular complexity index is 712. The zero-order chi connectivity index (χ0) is 18.8. The predicted molar refractivity (Wildman–Crippen MR) is 95.0 cm³/mol. The molecule has 0 unspecified atom stereocenters. The van der Waals surface area contributed by atoms with Crippen molar-refractivity contribution in [1.82, 2.24) is 9.80 Å². The van der Waals surface area contributed by atoms with Gasteiger partial charge in [0, 0.05) is 32.3 Å². The fraction of sp³-hybridized carbons (Fsp3) is 0.421. The van der Waals surface area contributed by atoms with Crippen LogP contribution in [0.5, 0.6) is 0 Å². The number of benzene rings is 1. The van der Waals surface area contributed by atoms with E-state index in [0.29, 0.717) is 12.0 Å². The molecule has 0 fully saturated rings. The van der Waals surface area contributed by atoms with Crippen LogP contribution in [0.25, 0.3) is 5.57 Å². The minimum Gasteiger partial charge on any atom is -0.443 e. The SMILES string of the molecule is CN(C)C(=O)c1ccc(C2=CC(=O)N(C(=O)OC(C)(C)C)CC2)cc1. The van der Waals surface area contributed by atoms with E-state index in [1.165, 1.54) is 11.0 Å². The van der Waals surface area contributed by atoms with Crippen molar-refractivity contribution in [3.8, 4) is 0 Å². The van der Waals surface area contributed by atoms with Crippen molar-refractivity contribution in [3.05, 3.63) is 41.5 Å². The molecule has 0 radical (unpaired) electrons. The number of carbonyl (C=O) groups excluding carboxylic acids is 3. The van der Waals surface area contributed by atoms with Crippen molar-refractivity contribution in [2.24, 2.45) is 0 Å². The van der Waals surface area contributed by atoms with Crippen LogP contribution in [0.1, 0.15) is 43.1 Å². The van der Waals surface area contributed by atoms with E-state index in [1.807, 2.05) is 12.1 Å². The number of imide groups is 1. The van der Waals surface area contributed by atoms with E-state index in [9.17, 15) is 14.4 Å². The second-order valence-electron chi connectivity index (χ2n) is 7.17. The van der Waals surface area contributed by atoms with Crippen LogP contribution in [0.15, 0.2) is 30.3 Å². The van der Waals surface area contributed by atoms with Gasteiger partial charge in [-0.25, -0.2) is 9.69 Å². The maximum atomic E-state index is 12.3. The molecule has 0 aromatic heterocycles. The van der Waals surface area contributed by atoms with E-state index in [0.717, 1.165) is 16.0 Å². The van der Waals surface area contributed by atoms with Gasteiger partial charge in [-0.15, -0.1) is 0 Å². The highest BCUT2D eigenvalue weighted by Gasteiger charge is 2.29. The second kappa shape index (κ2) is 7.09. The Labute approximate surface area is 148 Å². The predicted octanol–water partition coefficient (Wildman–Crippen LogP) is 2.94. The lowest BCUT2D eigenvalue weighted by Crippen LogP contribution is -2.42. The zero-order valence-corrected chi connectivity index (χ0v) is 15.3.